The second kappa shape index (κ2) is 9.96. The number of amides is 1. The minimum Gasteiger partial charge on any atom is -0.504 e. The van der Waals surface area contributed by atoms with E-state index in [-0.39, 0.29) is 42.6 Å². The van der Waals surface area contributed by atoms with Crippen molar-refractivity contribution in [3.8, 4) is 11.5 Å². The van der Waals surface area contributed by atoms with Gasteiger partial charge in [-0.2, -0.15) is 0 Å². The minimum absolute atomic E-state index is 0.0526. The van der Waals surface area contributed by atoms with Gasteiger partial charge in [0.1, 0.15) is 6.10 Å². The molecule has 0 bridgehead atoms. The Kier molecular flexibility index (Phi) is 7.11. The van der Waals surface area contributed by atoms with Gasteiger partial charge in [-0.05, 0) is 48.9 Å². The van der Waals surface area contributed by atoms with E-state index in [9.17, 15) is 14.7 Å². The summed E-state index contributed by atoms with van der Waals surface area (Å²) in [5.74, 6) is 0.136. The van der Waals surface area contributed by atoms with Gasteiger partial charge < -0.3 is 19.9 Å². The van der Waals surface area contributed by atoms with Gasteiger partial charge in [0, 0.05) is 6.04 Å². The predicted octanol–water partition coefficient (Wildman–Crippen LogP) is 3.16. The zero-order valence-corrected chi connectivity index (χ0v) is 16.6. The summed E-state index contributed by atoms with van der Waals surface area (Å²) in [6.45, 7) is 0. The highest BCUT2D eigenvalue weighted by Crippen LogP contribution is 2.26. The van der Waals surface area contributed by atoms with Crippen LogP contribution in [0, 0.1) is 0 Å². The number of rotatable bonds is 7. The highest BCUT2D eigenvalue weighted by Gasteiger charge is 2.25. The van der Waals surface area contributed by atoms with E-state index in [1.165, 1.54) is 13.2 Å². The van der Waals surface area contributed by atoms with E-state index in [4.69, 9.17) is 9.47 Å². The summed E-state index contributed by atoms with van der Waals surface area (Å²) in [5.41, 5.74) is 1.73. The summed E-state index contributed by atoms with van der Waals surface area (Å²) in [6, 6.07) is 14.5. The molecular formula is C23H27NO5. The number of hydrogen-bond acceptors (Lipinski definition) is 5. The quantitative estimate of drug-likeness (QED) is 0.701. The molecule has 1 fully saturated rings. The molecule has 3 rings (SSSR count). The Bertz CT molecular complexity index is 828. The van der Waals surface area contributed by atoms with Gasteiger partial charge in [0.05, 0.1) is 20.0 Å². The first kappa shape index (κ1) is 20.7. The number of carbonyl (C=O) groups excluding carboxylic acids is 2. The number of benzene rings is 2. The molecule has 154 valence electrons. The monoisotopic (exact) mass is 397 g/mol. The van der Waals surface area contributed by atoms with Crippen molar-refractivity contribution in [2.45, 2.75) is 50.7 Å². The van der Waals surface area contributed by atoms with Crippen LogP contribution in [0.2, 0.25) is 0 Å². The molecule has 6 heteroatoms. The molecule has 0 spiro atoms. The molecule has 1 amide bonds. The van der Waals surface area contributed by atoms with Crippen LogP contribution < -0.4 is 10.1 Å². The molecule has 0 aromatic heterocycles. The van der Waals surface area contributed by atoms with Crippen LogP contribution in [0.1, 0.15) is 36.8 Å². The third kappa shape index (κ3) is 6.24. The average molecular weight is 397 g/mol. The van der Waals surface area contributed by atoms with E-state index in [0.29, 0.717) is 5.75 Å². The topological polar surface area (TPSA) is 84.9 Å². The van der Waals surface area contributed by atoms with Crippen LogP contribution in [-0.2, 0) is 27.2 Å². The van der Waals surface area contributed by atoms with E-state index in [1.807, 2.05) is 30.3 Å². The second-order valence-corrected chi connectivity index (χ2v) is 7.38. The first-order valence-corrected chi connectivity index (χ1v) is 9.92. The van der Waals surface area contributed by atoms with Crippen LogP contribution in [0.5, 0.6) is 11.5 Å². The number of methoxy groups -OCH3 is 1. The molecule has 0 aliphatic heterocycles. The second-order valence-electron chi connectivity index (χ2n) is 7.38. The molecule has 0 unspecified atom stereocenters. The molecule has 1 aliphatic rings. The van der Waals surface area contributed by atoms with Crippen molar-refractivity contribution < 1.29 is 24.2 Å². The minimum atomic E-state index is -0.204. The average Bonchev–Trinajstić information content (AvgIpc) is 2.71. The predicted molar refractivity (Wildman–Crippen MR) is 109 cm³/mol. The van der Waals surface area contributed by atoms with Crippen molar-refractivity contribution in [1.82, 2.24) is 5.32 Å². The molecule has 0 saturated heterocycles. The molecule has 1 aliphatic carbocycles. The van der Waals surface area contributed by atoms with Gasteiger partial charge in [0.2, 0.25) is 5.91 Å². The maximum absolute atomic E-state index is 12.3. The van der Waals surface area contributed by atoms with Gasteiger partial charge in [-0.25, -0.2) is 0 Å². The highest BCUT2D eigenvalue weighted by molar-refractivity contribution is 5.79. The fourth-order valence-corrected chi connectivity index (χ4v) is 3.61. The fourth-order valence-electron chi connectivity index (χ4n) is 3.61. The Balaban J connectivity index is 1.40. The molecule has 6 nitrogen and oxygen atoms in total. The number of esters is 1. The summed E-state index contributed by atoms with van der Waals surface area (Å²) < 4.78 is 10.7. The Labute approximate surface area is 170 Å². The van der Waals surface area contributed by atoms with Crippen LogP contribution >= 0.6 is 0 Å². The Morgan fingerprint density at radius 1 is 1.00 bits per heavy atom. The Hall–Kier alpha value is -3.02. The number of nitrogens with one attached hydrogen (secondary N) is 1. The largest absolute Gasteiger partial charge is 0.504 e. The number of ether oxygens (including phenoxy) is 2. The molecule has 0 atom stereocenters. The third-order valence-corrected chi connectivity index (χ3v) is 5.14. The van der Waals surface area contributed by atoms with Gasteiger partial charge in [-0.1, -0.05) is 36.4 Å². The number of carbonyl (C=O) groups is 2. The van der Waals surface area contributed by atoms with Crippen molar-refractivity contribution in [3.63, 3.8) is 0 Å². The van der Waals surface area contributed by atoms with Gasteiger partial charge in [0.15, 0.2) is 11.5 Å². The van der Waals surface area contributed by atoms with Crippen LogP contribution in [0.25, 0.3) is 0 Å². The zero-order chi connectivity index (χ0) is 20.6. The summed E-state index contributed by atoms with van der Waals surface area (Å²) >= 11 is 0. The number of phenols is 1. The summed E-state index contributed by atoms with van der Waals surface area (Å²) in [7, 11) is 1.48. The summed E-state index contributed by atoms with van der Waals surface area (Å²) in [6.07, 6.45) is 3.50. The van der Waals surface area contributed by atoms with Gasteiger partial charge in [-0.15, -0.1) is 0 Å². The van der Waals surface area contributed by atoms with Gasteiger partial charge >= 0.3 is 5.97 Å². The lowest BCUT2D eigenvalue weighted by molar-refractivity contribution is -0.150. The van der Waals surface area contributed by atoms with Crippen LogP contribution in [-0.4, -0.2) is 36.2 Å². The number of phenolic OH excluding ortho intramolecular Hbond substituents is 1. The van der Waals surface area contributed by atoms with Crippen molar-refractivity contribution in [1.29, 1.82) is 0 Å². The van der Waals surface area contributed by atoms with E-state index in [2.05, 4.69) is 5.32 Å². The van der Waals surface area contributed by atoms with Crippen molar-refractivity contribution in [2.75, 3.05) is 7.11 Å². The fraction of sp³-hybridized carbons (Fsp3) is 0.391. The number of aromatic hydroxyl groups is 1. The third-order valence-electron chi connectivity index (χ3n) is 5.14. The molecular weight excluding hydrogens is 370 g/mol. The van der Waals surface area contributed by atoms with Crippen LogP contribution in [0.3, 0.4) is 0 Å². The van der Waals surface area contributed by atoms with Crippen molar-refractivity contribution in [2.24, 2.45) is 0 Å². The first-order valence-electron chi connectivity index (χ1n) is 9.92. The van der Waals surface area contributed by atoms with Crippen molar-refractivity contribution in [3.05, 3.63) is 59.7 Å². The van der Waals surface area contributed by atoms with E-state index in [0.717, 1.165) is 36.8 Å². The SMILES string of the molecule is COc1cc(CC(=O)N[C@H]2CC[C@H](OC(=O)Cc3ccccc3)CC2)ccc1O. The molecule has 0 heterocycles. The standard InChI is InChI=1S/C23H27NO5/c1-28-21-13-17(7-12-20(21)25)14-22(26)24-18-8-10-19(11-9-18)29-23(27)15-16-5-3-2-4-6-16/h2-7,12-13,18-19,25H,8-11,14-15H2,1H3,(H,24,26)/t18-,19-. The Morgan fingerprint density at radius 2 is 1.72 bits per heavy atom. The normalized spacial score (nSPS) is 18.7. The smallest absolute Gasteiger partial charge is 0.310 e. The zero-order valence-electron chi connectivity index (χ0n) is 16.6. The maximum Gasteiger partial charge on any atom is 0.310 e. The lowest BCUT2D eigenvalue weighted by Crippen LogP contribution is -2.40. The summed E-state index contributed by atoms with van der Waals surface area (Å²) in [5, 5.41) is 12.7. The Morgan fingerprint density at radius 3 is 2.41 bits per heavy atom. The molecule has 29 heavy (non-hydrogen) atoms. The molecule has 2 aromatic carbocycles. The molecule has 1 saturated carbocycles. The van der Waals surface area contributed by atoms with Crippen molar-refractivity contribution >= 4 is 11.9 Å². The van der Waals surface area contributed by atoms with E-state index in [1.54, 1.807) is 12.1 Å². The highest BCUT2D eigenvalue weighted by atomic mass is 16.5. The molecule has 2 aromatic rings. The number of hydrogen-bond donors (Lipinski definition) is 2. The maximum atomic E-state index is 12.3. The first-order chi connectivity index (χ1) is 14.0. The molecule has 2 N–H and O–H groups in total. The van der Waals surface area contributed by atoms with Crippen LogP contribution in [0.15, 0.2) is 48.5 Å². The van der Waals surface area contributed by atoms with Gasteiger partial charge in [-0.3, -0.25) is 9.59 Å². The van der Waals surface area contributed by atoms with E-state index >= 15 is 0 Å². The molecule has 0 radical (unpaired) electrons. The van der Waals surface area contributed by atoms with Crippen LogP contribution in [0.4, 0.5) is 0 Å². The van der Waals surface area contributed by atoms with Gasteiger partial charge in [0.25, 0.3) is 0 Å². The van der Waals surface area contributed by atoms with E-state index < -0.39 is 0 Å². The lowest BCUT2D eigenvalue weighted by atomic mass is 9.92. The lowest BCUT2D eigenvalue weighted by Gasteiger charge is -2.29. The summed E-state index contributed by atoms with van der Waals surface area (Å²) in [4.78, 5) is 24.4.